The molecule has 1 amide bonds. The van der Waals surface area contributed by atoms with E-state index < -0.39 is 5.60 Å². The molecule has 1 heterocycles. The predicted octanol–water partition coefficient (Wildman–Crippen LogP) is 3.25. The Kier molecular flexibility index (Phi) is 6.00. The second-order valence-corrected chi connectivity index (χ2v) is 7.01. The Bertz CT molecular complexity index is 451. The minimum absolute atomic E-state index is 0.108. The van der Waals surface area contributed by atoms with Crippen LogP contribution in [0.5, 0.6) is 0 Å². The Morgan fingerprint density at radius 1 is 1.37 bits per heavy atom. The van der Waals surface area contributed by atoms with E-state index in [4.69, 9.17) is 4.74 Å². The highest BCUT2D eigenvalue weighted by Crippen LogP contribution is 2.19. The number of hydrogen-bond acceptors (Lipinski definition) is 4. The maximum atomic E-state index is 11.6. The van der Waals surface area contributed by atoms with E-state index >= 15 is 0 Å². The summed E-state index contributed by atoms with van der Waals surface area (Å²) in [5.41, 5.74) is -0.503. The average molecular weight is 348 g/mol. The summed E-state index contributed by atoms with van der Waals surface area (Å²) in [5.74, 6) is -0.489. The molecule has 1 N–H and O–H groups in total. The van der Waals surface area contributed by atoms with E-state index in [0.717, 1.165) is 9.35 Å². The largest absolute Gasteiger partial charge is 0.460 e. The predicted molar refractivity (Wildman–Crippen MR) is 78.9 cm³/mol. The molecule has 0 atom stereocenters. The van der Waals surface area contributed by atoms with E-state index in [-0.39, 0.29) is 24.7 Å². The van der Waals surface area contributed by atoms with Crippen molar-refractivity contribution in [2.45, 2.75) is 45.8 Å². The van der Waals surface area contributed by atoms with E-state index in [2.05, 4.69) is 21.2 Å². The third kappa shape index (κ3) is 7.32. The summed E-state index contributed by atoms with van der Waals surface area (Å²) in [5, 5.41) is 4.73. The highest BCUT2D eigenvalue weighted by Gasteiger charge is 2.16. The van der Waals surface area contributed by atoms with Crippen LogP contribution < -0.4 is 5.32 Å². The van der Waals surface area contributed by atoms with Crippen LogP contribution in [0.25, 0.3) is 0 Å². The highest BCUT2D eigenvalue weighted by molar-refractivity contribution is 9.10. The first kappa shape index (κ1) is 16.2. The van der Waals surface area contributed by atoms with E-state index in [1.807, 2.05) is 11.4 Å². The molecule has 1 aromatic heterocycles. The van der Waals surface area contributed by atoms with Crippen molar-refractivity contribution >= 4 is 39.1 Å². The van der Waals surface area contributed by atoms with Crippen LogP contribution in [0.15, 0.2) is 15.9 Å². The van der Waals surface area contributed by atoms with Crippen molar-refractivity contribution in [1.29, 1.82) is 0 Å². The first-order chi connectivity index (χ1) is 8.76. The molecule has 0 aromatic carbocycles. The van der Waals surface area contributed by atoms with Crippen molar-refractivity contribution in [1.82, 2.24) is 5.32 Å². The van der Waals surface area contributed by atoms with E-state index in [9.17, 15) is 9.59 Å². The first-order valence-corrected chi connectivity index (χ1v) is 7.65. The maximum Gasteiger partial charge on any atom is 0.306 e. The molecule has 19 heavy (non-hydrogen) atoms. The molecule has 106 valence electrons. The number of esters is 1. The lowest BCUT2D eigenvalue weighted by Gasteiger charge is -2.19. The molecule has 0 spiro atoms. The van der Waals surface area contributed by atoms with Gasteiger partial charge in [0.05, 0.1) is 13.0 Å². The van der Waals surface area contributed by atoms with Gasteiger partial charge in [0.1, 0.15) is 5.60 Å². The third-order valence-corrected chi connectivity index (χ3v) is 3.76. The quantitative estimate of drug-likeness (QED) is 0.831. The van der Waals surface area contributed by atoms with Gasteiger partial charge in [-0.05, 0) is 42.8 Å². The van der Waals surface area contributed by atoms with Crippen LogP contribution in [-0.2, 0) is 20.9 Å². The lowest BCUT2D eigenvalue weighted by molar-refractivity contribution is -0.155. The monoisotopic (exact) mass is 347 g/mol. The first-order valence-electron chi connectivity index (χ1n) is 5.98. The summed E-state index contributed by atoms with van der Waals surface area (Å²) in [7, 11) is 0. The molecule has 0 saturated carbocycles. The Balaban J connectivity index is 2.23. The number of hydrogen-bond donors (Lipinski definition) is 1. The molecule has 1 rings (SSSR count). The zero-order chi connectivity index (χ0) is 14.5. The van der Waals surface area contributed by atoms with Crippen LogP contribution in [0.4, 0.5) is 0 Å². The number of thiophene rings is 1. The molecule has 0 unspecified atom stereocenters. The fourth-order valence-corrected chi connectivity index (χ4v) is 2.72. The second kappa shape index (κ2) is 7.05. The minimum atomic E-state index is -0.503. The number of amides is 1. The van der Waals surface area contributed by atoms with Gasteiger partial charge in [0.2, 0.25) is 5.91 Å². The summed E-state index contributed by atoms with van der Waals surface area (Å²) >= 11 is 4.92. The number of halogens is 1. The molecular formula is C13H18BrNO3S. The summed E-state index contributed by atoms with van der Waals surface area (Å²) in [6.07, 6.45) is 0.263. The molecule has 0 radical (unpaired) electrons. The number of ether oxygens (including phenoxy) is 1. The van der Waals surface area contributed by atoms with Crippen molar-refractivity contribution in [2.75, 3.05) is 0 Å². The van der Waals surface area contributed by atoms with Crippen molar-refractivity contribution in [3.63, 3.8) is 0 Å². The molecular weight excluding hydrogens is 330 g/mol. The number of carbonyl (C=O) groups is 2. The van der Waals surface area contributed by atoms with Gasteiger partial charge in [-0.25, -0.2) is 0 Å². The van der Waals surface area contributed by atoms with Gasteiger partial charge < -0.3 is 10.1 Å². The average Bonchev–Trinajstić information content (AvgIpc) is 2.67. The topological polar surface area (TPSA) is 55.4 Å². The maximum absolute atomic E-state index is 11.6. The number of carbonyl (C=O) groups excluding carboxylic acids is 2. The molecule has 0 bridgehead atoms. The van der Waals surface area contributed by atoms with Crippen LogP contribution in [0.3, 0.4) is 0 Å². The van der Waals surface area contributed by atoms with Crippen LogP contribution in [0.2, 0.25) is 0 Å². The van der Waals surface area contributed by atoms with E-state index in [1.54, 1.807) is 32.1 Å². The summed E-state index contributed by atoms with van der Waals surface area (Å²) in [4.78, 5) is 24.1. The highest BCUT2D eigenvalue weighted by atomic mass is 79.9. The summed E-state index contributed by atoms with van der Waals surface area (Å²) < 4.78 is 6.14. The third-order valence-electron chi connectivity index (χ3n) is 2.06. The molecule has 4 nitrogen and oxygen atoms in total. The Labute approximate surface area is 125 Å². The Morgan fingerprint density at radius 3 is 2.58 bits per heavy atom. The van der Waals surface area contributed by atoms with Gasteiger partial charge in [-0.2, -0.15) is 0 Å². The lowest BCUT2D eigenvalue weighted by atomic mass is 10.2. The molecule has 0 aliphatic rings. The van der Waals surface area contributed by atoms with Crippen molar-refractivity contribution in [2.24, 2.45) is 0 Å². The molecule has 0 saturated heterocycles. The van der Waals surface area contributed by atoms with Gasteiger partial charge in [0.25, 0.3) is 0 Å². The molecule has 0 fully saturated rings. The summed E-state index contributed by atoms with van der Waals surface area (Å²) in [6, 6.07) is 1.96. The number of rotatable bonds is 5. The van der Waals surface area contributed by atoms with Crippen molar-refractivity contribution < 1.29 is 14.3 Å². The van der Waals surface area contributed by atoms with Crippen molar-refractivity contribution in [3.05, 3.63) is 20.8 Å². The van der Waals surface area contributed by atoms with E-state index in [1.165, 1.54) is 0 Å². The lowest BCUT2D eigenvalue weighted by Crippen LogP contribution is -2.26. The summed E-state index contributed by atoms with van der Waals surface area (Å²) in [6.45, 7) is 5.91. The molecule has 0 aliphatic heterocycles. The molecule has 1 aromatic rings. The standard InChI is InChI=1S/C13H18BrNO3S/c1-13(2,3)18-12(17)5-4-11(16)15-7-10-6-9(14)8-19-10/h6,8H,4-5,7H2,1-3H3,(H,15,16). The van der Waals surface area contributed by atoms with Crippen LogP contribution >= 0.6 is 27.3 Å². The SMILES string of the molecule is CC(C)(C)OC(=O)CCC(=O)NCc1cc(Br)cs1. The van der Waals surface area contributed by atoms with Crippen molar-refractivity contribution in [3.8, 4) is 0 Å². The van der Waals surface area contributed by atoms with Gasteiger partial charge in [-0.15, -0.1) is 11.3 Å². The normalized spacial score (nSPS) is 11.2. The van der Waals surface area contributed by atoms with Crippen LogP contribution in [-0.4, -0.2) is 17.5 Å². The Morgan fingerprint density at radius 2 is 2.05 bits per heavy atom. The number of nitrogens with one attached hydrogen (secondary N) is 1. The van der Waals surface area contributed by atoms with Crippen LogP contribution in [0, 0.1) is 0 Å². The van der Waals surface area contributed by atoms with E-state index in [0.29, 0.717) is 6.54 Å². The fourth-order valence-electron chi connectivity index (χ4n) is 1.33. The second-order valence-electron chi connectivity index (χ2n) is 5.09. The van der Waals surface area contributed by atoms with Gasteiger partial charge in [0.15, 0.2) is 0 Å². The zero-order valence-electron chi connectivity index (χ0n) is 11.3. The molecule has 6 heteroatoms. The Hall–Kier alpha value is -0.880. The minimum Gasteiger partial charge on any atom is -0.460 e. The van der Waals surface area contributed by atoms with Crippen LogP contribution in [0.1, 0.15) is 38.5 Å². The fraction of sp³-hybridized carbons (Fsp3) is 0.538. The van der Waals surface area contributed by atoms with Gasteiger partial charge in [0, 0.05) is 21.2 Å². The van der Waals surface area contributed by atoms with Gasteiger partial charge >= 0.3 is 5.97 Å². The zero-order valence-corrected chi connectivity index (χ0v) is 13.7. The van der Waals surface area contributed by atoms with Gasteiger partial charge in [-0.3, -0.25) is 9.59 Å². The molecule has 0 aliphatic carbocycles. The smallest absolute Gasteiger partial charge is 0.306 e. The van der Waals surface area contributed by atoms with Gasteiger partial charge in [-0.1, -0.05) is 0 Å².